The van der Waals surface area contributed by atoms with Crippen molar-refractivity contribution < 1.29 is 18.3 Å². The molecule has 0 atom stereocenters. The second kappa shape index (κ2) is 6.60. The molecule has 0 spiro atoms. The van der Waals surface area contributed by atoms with Crippen molar-refractivity contribution in [3.05, 3.63) is 65.2 Å². The van der Waals surface area contributed by atoms with Gasteiger partial charge in [-0.2, -0.15) is 0 Å². The summed E-state index contributed by atoms with van der Waals surface area (Å²) in [6.45, 7) is 5.91. The molecule has 0 aromatic heterocycles. The average Bonchev–Trinajstić information content (AvgIpc) is 2.49. The molecule has 0 aliphatic heterocycles. The molecule has 116 valence electrons. The summed E-state index contributed by atoms with van der Waals surface area (Å²) in [6.07, 6.45) is 0.294. The first kappa shape index (κ1) is 16.0. The Morgan fingerprint density at radius 1 is 1.09 bits per heavy atom. The van der Waals surface area contributed by atoms with Crippen LogP contribution in [0.25, 0.3) is 5.57 Å². The molecule has 0 heterocycles. The van der Waals surface area contributed by atoms with Crippen molar-refractivity contribution >= 4 is 5.57 Å². The summed E-state index contributed by atoms with van der Waals surface area (Å²) in [5.41, 5.74) is 2.86. The molecule has 2 nitrogen and oxygen atoms in total. The Morgan fingerprint density at radius 2 is 1.82 bits per heavy atom. The average molecular weight is 304 g/mol. The third-order valence-corrected chi connectivity index (χ3v) is 3.59. The molecule has 0 bridgehead atoms. The van der Waals surface area contributed by atoms with Gasteiger partial charge in [0.2, 0.25) is 0 Å². The van der Waals surface area contributed by atoms with Gasteiger partial charge in [-0.15, -0.1) is 0 Å². The third-order valence-electron chi connectivity index (χ3n) is 3.59. The van der Waals surface area contributed by atoms with Crippen LogP contribution in [0.1, 0.15) is 16.7 Å². The van der Waals surface area contributed by atoms with Crippen molar-refractivity contribution in [1.29, 1.82) is 0 Å². The summed E-state index contributed by atoms with van der Waals surface area (Å²) in [4.78, 5) is 0. The Kier molecular flexibility index (Phi) is 4.81. The molecule has 4 heteroatoms. The summed E-state index contributed by atoms with van der Waals surface area (Å²) in [7, 11) is 3.14. The van der Waals surface area contributed by atoms with Crippen LogP contribution in [0, 0.1) is 18.6 Å². The van der Waals surface area contributed by atoms with Gasteiger partial charge in [-0.25, -0.2) is 8.78 Å². The van der Waals surface area contributed by atoms with Crippen LogP contribution >= 0.6 is 0 Å². The zero-order chi connectivity index (χ0) is 16.3. The highest BCUT2D eigenvalue weighted by Crippen LogP contribution is 2.36. The van der Waals surface area contributed by atoms with Crippen LogP contribution in [0.15, 0.2) is 36.9 Å². The Hall–Kier alpha value is -2.36. The number of halogens is 2. The van der Waals surface area contributed by atoms with Gasteiger partial charge >= 0.3 is 0 Å². The van der Waals surface area contributed by atoms with E-state index < -0.39 is 11.6 Å². The van der Waals surface area contributed by atoms with Gasteiger partial charge in [0.1, 0.15) is 11.6 Å². The molecule has 2 aromatic rings. The maximum absolute atomic E-state index is 13.8. The smallest absolute Gasteiger partial charge is 0.164 e. The molecule has 0 unspecified atom stereocenters. The molecule has 22 heavy (non-hydrogen) atoms. The monoisotopic (exact) mass is 304 g/mol. The number of hydrogen-bond donors (Lipinski definition) is 0. The van der Waals surface area contributed by atoms with E-state index in [-0.39, 0.29) is 0 Å². The van der Waals surface area contributed by atoms with E-state index in [0.29, 0.717) is 23.5 Å². The van der Waals surface area contributed by atoms with Crippen LogP contribution in [0.3, 0.4) is 0 Å². The molecule has 0 saturated heterocycles. The summed E-state index contributed by atoms with van der Waals surface area (Å²) < 4.78 is 37.3. The lowest BCUT2D eigenvalue weighted by molar-refractivity contribution is 0.353. The maximum Gasteiger partial charge on any atom is 0.164 e. The number of ether oxygens (including phenoxy) is 2. The highest BCUT2D eigenvalue weighted by molar-refractivity contribution is 5.72. The van der Waals surface area contributed by atoms with E-state index in [2.05, 4.69) is 6.58 Å². The number of rotatable bonds is 5. The van der Waals surface area contributed by atoms with Crippen LogP contribution in [-0.4, -0.2) is 14.2 Å². The molecule has 2 aromatic carbocycles. The Labute approximate surface area is 129 Å². The topological polar surface area (TPSA) is 18.5 Å². The molecule has 2 rings (SSSR count). The van der Waals surface area contributed by atoms with Crippen LogP contribution in [-0.2, 0) is 6.42 Å². The third kappa shape index (κ3) is 3.11. The standard InChI is InChI=1S/C18H18F2O2/c1-11(9-13-5-6-14(19)10-16(13)20)15-7-8-17(21-3)18(22-4)12(15)2/h5-8,10H,1,9H2,2-4H3. The van der Waals surface area contributed by atoms with E-state index in [1.54, 1.807) is 20.3 Å². The predicted octanol–water partition coefficient (Wildman–Crippen LogP) is 4.55. The van der Waals surface area contributed by atoms with E-state index in [1.807, 2.05) is 13.0 Å². The molecule has 0 N–H and O–H groups in total. The fourth-order valence-corrected chi connectivity index (χ4v) is 2.45. The zero-order valence-electron chi connectivity index (χ0n) is 12.9. The summed E-state index contributed by atoms with van der Waals surface area (Å²) in [5.74, 6) is 0.0960. The van der Waals surface area contributed by atoms with Crippen LogP contribution in [0.2, 0.25) is 0 Å². The van der Waals surface area contributed by atoms with Gasteiger partial charge in [0.25, 0.3) is 0 Å². The predicted molar refractivity (Wildman–Crippen MR) is 83.4 cm³/mol. The second-order valence-electron chi connectivity index (χ2n) is 4.99. The summed E-state index contributed by atoms with van der Waals surface area (Å²) in [6, 6.07) is 7.21. The van der Waals surface area contributed by atoms with E-state index in [0.717, 1.165) is 22.8 Å². The zero-order valence-corrected chi connectivity index (χ0v) is 12.9. The molecule has 0 amide bonds. The Morgan fingerprint density at radius 3 is 2.41 bits per heavy atom. The van der Waals surface area contributed by atoms with E-state index >= 15 is 0 Å². The lowest BCUT2D eigenvalue weighted by Gasteiger charge is -2.16. The van der Waals surface area contributed by atoms with Crippen LogP contribution in [0.4, 0.5) is 8.78 Å². The van der Waals surface area contributed by atoms with Crippen molar-refractivity contribution in [1.82, 2.24) is 0 Å². The summed E-state index contributed by atoms with van der Waals surface area (Å²) >= 11 is 0. The summed E-state index contributed by atoms with van der Waals surface area (Å²) in [5, 5.41) is 0. The van der Waals surface area contributed by atoms with Crippen molar-refractivity contribution in [2.24, 2.45) is 0 Å². The minimum absolute atomic E-state index is 0.294. The number of allylic oxidation sites excluding steroid dienone is 1. The minimum atomic E-state index is -0.589. The first-order valence-corrected chi connectivity index (χ1v) is 6.81. The quantitative estimate of drug-likeness (QED) is 0.807. The van der Waals surface area contributed by atoms with Gasteiger partial charge in [0, 0.05) is 18.1 Å². The van der Waals surface area contributed by atoms with Crippen molar-refractivity contribution in [2.75, 3.05) is 14.2 Å². The van der Waals surface area contributed by atoms with Gasteiger partial charge < -0.3 is 9.47 Å². The van der Waals surface area contributed by atoms with E-state index in [4.69, 9.17) is 9.47 Å². The van der Waals surface area contributed by atoms with Crippen LogP contribution < -0.4 is 9.47 Å². The molecule has 0 aliphatic rings. The largest absolute Gasteiger partial charge is 0.493 e. The van der Waals surface area contributed by atoms with Gasteiger partial charge in [0.15, 0.2) is 11.5 Å². The normalized spacial score (nSPS) is 10.4. The molecular weight excluding hydrogens is 286 g/mol. The van der Waals surface area contributed by atoms with Crippen molar-refractivity contribution in [2.45, 2.75) is 13.3 Å². The molecular formula is C18H18F2O2. The van der Waals surface area contributed by atoms with E-state index in [9.17, 15) is 8.78 Å². The fraction of sp³-hybridized carbons (Fsp3) is 0.222. The SMILES string of the molecule is C=C(Cc1ccc(F)cc1F)c1ccc(OC)c(OC)c1C. The highest BCUT2D eigenvalue weighted by atomic mass is 19.1. The number of hydrogen-bond acceptors (Lipinski definition) is 2. The number of methoxy groups -OCH3 is 2. The molecule has 0 aliphatic carbocycles. The van der Waals surface area contributed by atoms with Crippen LogP contribution in [0.5, 0.6) is 11.5 Å². The fourth-order valence-electron chi connectivity index (χ4n) is 2.45. The first-order chi connectivity index (χ1) is 10.5. The highest BCUT2D eigenvalue weighted by Gasteiger charge is 2.14. The Balaban J connectivity index is 2.34. The lowest BCUT2D eigenvalue weighted by atomic mass is 9.95. The lowest BCUT2D eigenvalue weighted by Crippen LogP contribution is -1.99. The van der Waals surface area contributed by atoms with Gasteiger partial charge in [-0.1, -0.05) is 18.7 Å². The van der Waals surface area contributed by atoms with Gasteiger partial charge in [-0.05, 0) is 35.8 Å². The van der Waals surface area contributed by atoms with E-state index in [1.165, 1.54) is 12.1 Å². The van der Waals surface area contributed by atoms with Gasteiger partial charge in [-0.3, -0.25) is 0 Å². The van der Waals surface area contributed by atoms with Crippen molar-refractivity contribution in [3.63, 3.8) is 0 Å². The molecule has 0 fully saturated rings. The second-order valence-corrected chi connectivity index (χ2v) is 4.99. The van der Waals surface area contributed by atoms with Crippen molar-refractivity contribution in [3.8, 4) is 11.5 Å². The Bertz CT molecular complexity index is 708. The minimum Gasteiger partial charge on any atom is -0.493 e. The van der Waals surface area contributed by atoms with Gasteiger partial charge in [0.05, 0.1) is 14.2 Å². The first-order valence-electron chi connectivity index (χ1n) is 6.81. The molecule has 0 saturated carbocycles. The maximum atomic E-state index is 13.8. The molecule has 0 radical (unpaired) electrons. The number of benzene rings is 2.